The minimum Gasteiger partial charge on any atom is -0.756 e. The summed E-state index contributed by atoms with van der Waals surface area (Å²) in [5.41, 5.74) is 0. The minimum absolute atomic E-state index is 0.00790. The van der Waals surface area contributed by atoms with Crippen LogP contribution in [0.15, 0.2) is 48.6 Å². The van der Waals surface area contributed by atoms with Gasteiger partial charge in [0.05, 0.1) is 39.9 Å². The van der Waals surface area contributed by atoms with Gasteiger partial charge in [-0.15, -0.1) is 0 Å². The first-order valence-corrected chi connectivity index (χ1v) is 37.5. The van der Waals surface area contributed by atoms with Gasteiger partial charge >= 0.3 is 0 Å². The number of aliphatic hydroxyl groups excluding tert-OH is 1. The molecule has 0 bridgehead atoms. The quantitative estimate of drug-likeness (QED) is 0.0272. The second kappa shape index (κ2) is 63.9. The molecule has 0 spiro atoms. The van der Waals surface area contributed by atoms with E-state index >= 15 is 0 Å². The number of nitrogens with zero attached hydrogens (tertiary/aromatic N) is 1. The molecule has 0 aliphatic heterocycles. The summed E-state index contributed by atoms with van der Waals surface area (Å²) in [6.07, 6.45) is 86.8. The number of quaternary nitrogens is 1. The summed E-state index contributed by atoms with van der Waals surface area (Å²) in [4.78, 5) is 25.6. The molecule has 0 saturated carbocycles. The van der Waals surface area contributed by atoms with E-state index in [1.54, 1.807) is 6.08 Å². The molecular formula is C73H141N2O6P. The van der Waals surface area contributed by atoms with E-state index in [0.717, 1.165) is 44.9 Å². The number of amides is 1. The maximum atomic E-state index is 13.0. The topological polar surface area (TPSA) is 108 Å². The molecule has 0 aromatic carbocycles. The number of rotatable bonds is 67. The number of hydrogen-bond acceptors (Lipinski definition) is 6. The molecule has 0 aliphatic carbocycles. The molecule has 0 heterocycles. The van der Waals surface area contributed by atoms with Gasteiger partial charge < -0.3 is 28.8 Å². The summed E-state index contributed by atoms with van der Waals surface area (Å²) < 4.78 is 23.4. The molecule has 1 amide bonds. The lowest BCUT2D eigenvalue weighted by Crippen LogP contribution is -2.45. The Balaban J connectivity index is 4.04. The zero-order chi connectivity index (χ0) is 59.8. The van der Waals surface area contributed by atoms with Gasteiger partial charge in [0.2, 0.25) is 5.91 Å². The lowest BCUT2D eigenvalue weighted by molar-refractivity contribution is -0.870. The van der Waals surface area contributed by atoms with Crippen LogP contribution in [-0.2, 0) is 18.4 Å². The zero-order valence-corrected chi connectivity index (χ0v) is 56.4. The van der Waals surface area contributed by atoms with Crippen molar-refractivity contribution in [3.05, 3.63) is 48.6 Å². The van der Waals surface area contributed by atoms with Crippen molar-refractivity contribution < 1.29 is 32.9 Å². The second-order valence-corrected chi connectivity index (χ2v) is 27.3. The van der Waals surface area contributed by atoms with Crippen molar-refractivity contribution in [3.8, 4) is 0 Å². The number of unbranched alkanes of at least 4 members (excludes halogenated alkanes) is 48. The molecule has 2 N–H and O–H groups in total. The van der Waals surface area contributed by atoms with Gasteiger partial charge in [-0.25, -0.2) is 0 Å². The molecule has 0 aromatic rings. The summed E-state index contributed by atoms with van der Waals surface area (Å²) in [7, 11) is 1.25. The lowest BCUT2D eigenvalue weighted by Gasteiger charge is -2.29. The lowest BCUT2D eigenvalue weighted by atomic mass is 10.0. The first kappa shape index (κ1) is 80.5. The largest absolute Gasteiger partial charge is 0.756 e. The summed E-state index contributed by atoms with van der Waals surface area (Å²) in [6.45, 7) is 4.67. The number of nitrogens with one attached hydrogen (secondary N) is 1. The summed E-state index contributed by atoms with van der Waals surface area (Å²) in [6, 6.07) is -0.911. The fourth-order valence-electron chi connectivity index (χ4n) is 10.9. The Bertz CT molecular complexity index is 1480. The normalized spacial score (nSPS) is 13.9. The highest BCUT2D eigenvalue weighted by Gasteiger charge is 2.23. The maximum absolute atomic E-state index is 13.0. The fourth-order valence-corrected chi connectivity index (χ4v) is 11.6. The van der Waals surface area contributed by atoms with Crippen molar-refractivity contribution >= 4 is 13.7 Å². The van der Waals surface area contributed by atoms with Crippen LogP contribution in [0.3, 0.4) is 0 Å². The van der Waals surface area contributed by atoms with Gasteiger partial charge in [0, 0.05) is 6.42 Å². The van der Waals surface area contributed by atoms with Crippen LogP contribution in [0.5, 0.6) is 0 Å². The van der Waals surface area contributed by atoms with Gasteiger partial charge in [-0.1, -0.05) is 332 Å². The number of hydrogen-bond donors (Lipinski definition) is 2. The molecule has 0 aromatic heterocycles. The van der Waals surface area contributed by atoms with E-state index in [1.165, 1.54) is 295 Å². The monoisotopic (exact) mass is 1170 g/mol. The molecule has 9 heteroatoms. The molecule has 0 radical (unpaired) electrons. The van der Waals surface area contributed by atoms with E-state index in [2.05, 4.69) is 55.6 Å². The third-order valence-electron chi connectivity index (χ3n) is 16.5. The molecule has 0 rings (SSSR count). The Morgan fingerprint density at radius 3 is 0.988 bits per heavy atom. The van der Waals surface area contributed by atoms with Crippen molar-refractivity contribution in [2.75, 3.05) is 40.9 Å². The van der Waals surface area contributed by atoms with Gasteiger partial charge in [0.15, 0.2) is 0 Å². The second-order valence-electron chi connectivity index (χ2n) is 25.9. The summed E-state index contributed by atoms with van der Waals surface area (Å²) >= 11 is 0. The van der Waals surface area contributed by atoms with Crippen LogP contribution in [0.4, 0.5) is 0 Å². The van der Waals surface area contributed by atoms with Crippen LogP contribution in [0.1, 0.15) is 361 Å². The van der Waals surface area contributed by atoms with Gasteiger partial charge in [-0.2, -0.15) is 0 Å². The predicted molar refractivity (Wildman–Crippen MR) is 358 cm³/mol. The van der Waals surface area contributed by atoms with Crippen LogP contribution < -0.4 is 10.2 Å². The third-order valence-corrected chi connectivity index (χ3v) is 17.5. The zero-order valence-electron chi connectivity index (χ0n) is 55.5. The van der Waals surface area contributed by atoms with Gasteiger partial charge in [-0.3, -0.25) is 9.36 Å². The Labute approximate surface area is 511 Å². The van der Waals surface area contributed by atoms with Crippen molar-refractivity contribution in [2.45, 2.75) is 373 Å². The van der Waals surface area contributed by atoms with Gasteiger partial charge in [0.25, 0.3) is 7.82 Å². The SMILES string of the molecule is CCCCCCCCCC/C=C\CCCCCCCCCCCCCCCCCCCCCCCCCC(=O)NC(COP(=O)([O-])OCC[N+](C)(C)C)C(O)/C=C/CC/C=C/CC/C=C/CCCCCCCCCCCCCCCCC. The average Bonchev–Trinajstić information content (AvgIpc) is 3.45. The van der Waals surface area contributed by atoms with E-state index in [9.17, 15) is 19.4 Å². The van der Waals surface area contributed by atoms with Gasteiger partial charge in [0.1, 0.15) is 13.2 Å². The molecule has 0 saturated heterocycles. The average molecular weight is 1170 g/mol. The third kappa shape index (κ3) is 66.0. The molecule has 484 valence electrons. The number of carbonyl (C=O) groups is 1. The van der Waals surface area contributed by atoms with Crippen molar-refractivity contribution in [1.29, 1.82) is 0 Å². The van der Waals surface area contributed by atoms with Crippen LogP contribution in [-0.4, -0.2) is 68.5 Å². The van der Waals surface area contributed by atoms with Crippen LogP contribution >= 0.6 is 7.82 Å². The highest BCUT2D eigenvalue weighted by atomic mass is 31.2. The highest BCUT2D eigenvalue weighted by molar-refractivity contribution is 7.45. The number of phosphoric ester groups is 1. The standard InChI is InChI=1S/C73H141N2O6P/c1-6-8-10-12-14-16-18-20-22-24-26-28-30-32-33-34-35-36-37-38-39-40-41-43-45-47-49-51-53-55-57-59-61-63-65-67-73(77)74-71(70-81-82(78,79)80-69-68-75(3,4)5)72(76)66-64-62-60-58-56-54-52-50-48-46-44-42-31-29-27-25-23-21-19-17-15-13-11-9-7-2/h24,26,48,50,56,58,64,66,71-72,76H,6-23,25,27-47,49,51-55,57,59-63,65,67-70H2,1-5H3,(H-,74,77,78,79)/b26-24-,50-48+,58-56+,66-64+. The number of carbonyl (C=O) groups excluding carboxylic acids is 1. The molecule has 0 aliphatic rings. The number of phosphoric acid groups is 1. The number of allylic oxidation sites excluding steroid dienone is 7. The summed E-state index contributed by atoms with van der Waals surface area (Å²) in [5.74, 6) is -0.205. The summed E-state index contributed by atoms with van der Waals surface area (Å²) in [5, 5.41) is 13.9. The minimum atomic E-state index is -4.62. The van der Waals surface area contributed by atoms with E-state index < -0.39 is 26.6 Å². The Morgan fingerprint density at radius 1 is 0.415 bits per heavy atom. The molecular weight excluding hydrogens is 1030 g/mol. The molecule has 0 fully saturated rings. The molecule has 82 heavy (non-hydrogen) atoms. The van der Waals surface area contributed by atoms with Crippen LogP contribution in [0.25, 0.3) is 0 Å². The van der Waals surface area contributed by atoms with E-state index in [-0.39, 0.29) is 12.5 Å². The van der Waals surface area contributed by atoms with Crippen LogP contribution in [0, 0.1) is 0 Å². The van der Waals surface area contributed by atoms with Crippen molar-refractivity contribution in [1.82, 2.24) is 5.32 Å². The Morgan fingerprint density at radius 2 is 0.683 bits per heavy atom. The first-order valence-electron chi connectivity index (χ1n) is 36.0. The Kier molecular flexibility index (Phi) is 62.7. The fraction of sp³-hybridized carbons (Fsp3) is 0.877. The van der Waals surface area contributed by atoms with Crippen LogP contribution in [0.2, 0.25) is 0 Å². The van der Waals surface area contributed by atoms with Crippen molar-refractivity contribution in [2.24, 2.45) is 0 Å². The van der Waals surface area contributed by atoms with Gasteiger partial charge in [-0.05, 0) is 70.6 Å². The molecule has 3 unspecified atom stereocenters. The van der Waals surface area contributed by atoms with E-state index in [4.69, 9.17) is 9.05 Å². The first-order chi connectivity index (χ1) is 40.0. The number of likely N-dealkylation sites (N-methyl/N-ethyl adjacent to an activating group) is 1. The van der Waals surface area contributed by atoms with E-state index in [1.807, 2.05) is 27.2 Å². The smallest absolute Gasteiger partial charge is 0.268 e. The number of aliphatic hydroxyl groups is 1. The molecule has 3 atom stereocenters. The molecule has 8 nitrogen and oxygen atoms in total. The van der Waals surface area contributed by atoms with E-state index in [0.29, 0.717) is 17.4 Å². The highest BCUT2D eigenvalue weighted by Crippen LogP contribution is 2.38. The Hall–Kier alpha value is -1.54. The van der Waals surface area contributed by atoms with Crippen molar-refractivity contribution in [3.63, 3.8) is 0 Å². The predicted octanol–water partition coefficient (Wildman–Crippen LogP) is 22.4. The maximum Gasteiger partial charge on any atom is 0.268 e.